The molecule has 3 rings (SSSR count). The molecule has 0 aliphatic heterocycles. The summed E-state index contributed by atoms with van der Waals surface area (Å²) in [5.41, 5.74) is 5.74. The number of nitrogens with zero attached hydrogens (tertiary/aromatic N) is 1. The van der Waals surface area contributed by atoms with Crippen molar-refractivity contribution in [1.29, 1.82) is 0 Å². The Morgan fingerprint density at radius 2 is 2.10 bits per heavy atom. The normalized spacial score (nSPS) is 21.0. The molecule has 0 radical (unpaired) electrons. The Labute approximate surface area is 125 Å². The molecule has 0 amide bonds. The van der Waals surface area contributed by atoms with Gasteiger partial charge in [0.05, 0.1) is 5.69 Å². The predicted molar refractivity (Wildman–Crippen MR) is 89.8 cm³/mol. The van der Waals surface area contributed by atoms with Crippen LogP contribution in [-0.2, 0) is 0 Å². The lowest BCUT2D eigenvalue weighted by molar-refractivity contribution is 0.811. The first-order valence-electron chi connectivity index (χ1n) is 6.93. The van der Waals surface area contributed by atoms with Crippen LogP contribution in [0.1, 0.15) is 42.1 Å². The van der Waals surface area contributed by atoms with E-state index in [0.29, 0.717) is 0 Å². The van der Waals surface area contributed by atoms with E-state index < -0.39 is 0 Å². The van der Waals surface area contributed by atoms with Gasteiger partial charge in [-0.05, 0) is 42.5 Å². The van der Waals surface area contributed by atoms with Crippen LogP contribution in [0.2, 0.25) is 0 Å². The van der Waals surface area contributed by atoms with E-state index in [1.165, 1.54) is 11.1 Å². The quantitative estimate of drug-likeness (QED) is 0.732. The zero-order valence-electron chi connectivity index (χ0n) is 11.4. The van der Waals surface area contributed by atoms with E-state index in [-0.39, 0.29) is 5.92 Å². The molecule has 1 aromatic heterocycles. The third-order valence-corrected chi connectivity index (χ3v) is 4.56. The maximum absolute atomic E-state index is 5.67. The molecule has 2 heteroatoms. The fourth-order valence-electron chi connectivity index (χ4n) is 2.98. The van der Waals surface area contributed by atoms with Crippen molar-refractivity contribution in [2.24, 2.45) is 0 Å². The van der Waals surface area contributed by atoms with Crippen LogP contribution in [0.3, 0.4) is 0 Å². The van der Waals surface area contributed by atoms with Gasteiger partial charge in [0.2, 0.25) is 0 Å². The van der Waals surface area contributed by atoms with Crippen LogP contribution in [0.25, 0.3) is 12.2 Å². The number of hydrogen-bond acceptors (Lipinski definition) is 2. The molecule has 100 valence electrons. The first-order valence-corrected chi connectivity index (χ1v) is 7.34. The average molecular weight is 279 g/mol. The van der Waals surface area contributed by atoms with Crippen LogP contribution in [-0.4, -0.2) is 9.85 Å². The summed E-state index contributed by atoms with van der Waals surface area (Å²) in [6.07, 6.45) is 11.3. The first kappa shape index (κ1) is 13.2. The van der Waals surface area contributed by atoms with Crippen molar-refractivity contribution >= 4 is 29.2 Å². The van der Waals surface area contributed by atoms with Crippen molar-refractivity contribution in [3.63, 3.8) is 0 Å². The zero-order chi connectivity index (χ0) is 14.1. The van der Waals surface area contributed by atoms with Crippen molar-refractivity contribution in [2.75, 3.05) is 0 Å². The number of pyridine rings is 1. The Balaban J connectivity index is 1.96. The molecule has 2 aliphatic rings. The summed E-state index contributed by atoms with van der Waals surface area (Å²) in [4.78, 5) is 5.77. The van der Waals surface area contributed by atoms with E-state index in [0.717, 1.165) is 41.1 Å². The topological polar surface area (TPSA) is 12.9 Å². The second-order valence-corrected chi connectivity index (χ2v) is 5.64. The average Bonchev–Trinajstić information content (AvgIpc) is 2.84. The fourth-order valence-corrected chi connectivity index (χ4v) is 3.39. The minimum absolute atomic E-state index is 0.246. The number of aromatic nitrogens is 1. The van der Waals surface area contributed by atoms with E-state index in [4.69, 9.17) is 17.2 Å². The Morgan fingerprint density at radius 3 is 2.80 bits per heavy atom. The number of hydrogen-bond donors (Lipinski definition) is 0. The first-order chi connectivity index (χ1) is 9.74. The molecule has 0 saturated carbocycles. The third kappa shape index (κ3) is 2.10. The minimum atomic E-state index is 0.246. The van der Waals surface area contributed by atoms with Gasteiger partial charge < -0.3 is 0 Å². The van der Waals surface area contributed by atoms with Crippen LogP contribution >= 0.6 is 12.2 Å². The van der Waals surface area contributed by atoms with Gasteiger partial charge in [-0.3, -0.25) is 4.98 Å². The van der Waals surface area contributed by atoms with Crippen molar-refractivity contribution in [2.45, 2.75) is 25.2 Å². The molecular formula is C18H17NS. The Hall–Kier alpha value is -1.80. The van der Waals surface area contributed by atoms with Gasteiger partial charge in [0, 0.05) is 16.5 Å². The predicted octanol–water partition coefficient (Wildman–Crippen LogP) is 4.87. The van der Waals surface area contributed by atoms with Crippen LogP contribution in [0.15, 0.2) is 48.6 Å². The molecule has 1 atom stereocenters. The van der Waals surface area contributed by atoms with Crippen LogP contribution in [0.5, 0.6) is 0 Å². The SMILES string of the molecule is C=Cc1ccc(C2CC3=C(C=CCC3)C2=S)nc1C=C. The zero-order valence-corrected chi connectivity index (χ0v) is 12.2. The van der Waals surface area contributed by atoms with Crippen LogP contribution in [0.4, 0.5) is 0 Å². The lowest BCUT2D eigenvalue weighted by Crippen LogP contribution is -2.08. The van der Waals surface area contributed by atoms with Gasteiger partial charge in [-0.1, -0.05) is 55.2 Å². The number of allylic oxidation sites excluding steroid dienone is 4. The van der Waals surface area contributed by atoms with Crippen molar-refractivity contribution < 1.29 is 0 Å². The van der Waals surface area contributed by atoms with Crippen LogP contribution < -0.4 is 0 Å². The van der Waals surface area contributed by atoms with Gasteiger partial charge >= 0.3 is 0 Å². The van der Waals surface area contributed by atoms with Gasteiger partial charge in [-0.15, -0.1) is 0 Å². The largest absolute Gasteiger partial charge is 0.252 e. The molecule has 0 spiro atoms. The minimum Gasteiger partial charge on any atom is -0.252 e. The maximum atomic E-state index is 5.67. The Morgan fingerprint density at radius 1 is 1.25 bits per heavy atom. The highest BCUT2D eigenvalue weighted by atomic mass is 32.1. The van der Waals surface area contributed by atoms with Gasteiger partial charge in [0.15, 0.2) is 0 Å². The van der Waals surface area contributed by atoms with Gasteiger partial charge in [-0.2, -0.15) is 0 Å². The van der Waals surface area contributed by atoms with Gasteiger partial charge in [0.25, 0.3) is 0 Å². The molecule has 0 aromatic carbocycles. The molecule has 1 nitrogen and oxygen atoms in total. The Bertz CT molecular complexity index is 664. The molecule has 1 aromatic rings. The maximum Gasteiger partial charge on any atom is 0.0699 e. The second kappa shape index (κ2) is 5.29. The molecular weight excluding hydrogens is 262 g/mol. The molecule has 0 fully saturated rings. The molecule has 0 saturated heterocycles. The van der Waals surface area contributed by atoms with E-state index >= 15 is 0 Å². The van der Waals surface area contributed by atoms with Crippen molar-refractivity contribution in [3.05, 3.63) is 65.5 Å². The van der Waals surface area contributed by atoms with Gasteiger partial charge in [-0.25, -0.2) is 0 Å². The highest BCUT2D eigenvalue weighted by Gasteiger charge is 2.31. The third-order valence-electron chi connectivity index (χ3n) is 4.06. The second-order valence-electron chi connectivity index (χ2n) is 5.20. The highest BCUT2D eigenvalue weighted by molar-refractivity contribution is 7.81. The van der Waals surface area contributed by atoms with Crippen molar-refractivity contribution in [3.8, 4) is 0 Å². The summed E-state index contributed by atoms with van der Waals surface area (Å²) < 4.78 is 0. The van der Waals surface area contributed by atoms with E-state index in [1.54, 1.807) is 6.08 Å². The summed E-state index contributed by atoms with van der Waals surface area (Å²) in [6, 6.07) is 4.13. The summed E-state index contributed by atoms with van der Waals surface area (Å²) in [5, 5.41) is 0. The summed E-state index contributed by atoms with van der Waals surface area (Å²) in [5.74, 6) is 0.246. The highest BCUT2D eigenvalue weighted by Crippen LogP contribution is 2.40. The van der Waals surface area contributed by atoms with E-state index in [9.17, 15) is 0 Å². The summed E-state index contributed by atoms with van der Waals surface area (Å²) in [6.45, 7) is 7.64. The Kier molecular flexibility index (Phi) is 3.49. The van der Waals surface area contributed by atoms with Gasteiger partial charge in [0.1, 0.15) is 0 Å². The monoisotopic (exact) mass is 279 g/mol. The molecule has 0 bridgehead atoms. The molecule has 2 aliphatic carbocycles. The molecule has 1 unspecified atom stereocenters. The number of thiocarbonyl (C=S) groups is 1. The van der Waals surface area contributed by atoms with Crippen molar-refractivity contribution in [1.82, 2.24) is 4.98 Å². The summed E-state index contributed by atoms with van der Waals surface area (Å²) >= 11 is 5.67. The fraction of sp³-hybridized carbons (Fsp3) is 0.222. The molecule has 1 heterocycles. The van der Waals surface area contributed by atoms with Crippen LogP contribution in [0, 0.1) is 0 Å². The summed E-state index contributed by atoms with van der Waals surface area (Å²) in [7, 11) is 0. The molecule has 20 heavy (non-hydrogen) atoms. The smallest absolute Gasteiger partial charge is 0.0699 e. The van der Waals surface area contributed by atoms with E-state index in [1.807, 2.05) is 6.08 Å². The molecule has 0 N–H and O–H groups in total. The standard InChI is InChI=1S/C18H17NS/c1-3-12-9-10-17(19-16(12)4-2)15-11-13-7-5-6-8-14(13)18(15)20/h3-4,6,8-10,15H,1-2,5,7,11H2. The van der Waals surface area contributed by atoms with E-state index in [2.05, 4.69) is 37.4 Å². The lowest BCUT2D eigenvalue weighted by atomic mass is 9.98. The lowest BCUT2D eigenvalue weighted by Gasteiger charge is -2.12. The number of rotatable bonds is 3.